The molecule has 2 aromatic rings. The highest BCUT2D eigenvalue weighted by molar-refractivity contribution is 6.03. The summed E-state index contributed by atoms with van der Waals surface area (Å²) in [6.45, 7) is 7.32. The quantitative estimate of drug-likeness (QED) is 0.411. The van der Waals surface area contributed by atoms with E-state index in [0.717, 1.165) is 24.7 Å². The number of nitrogens with one attached hydrogen (secondary N) is 2. The molecule has 2 N–H and O–H groups in total. The molecule has 1 saturated heterocycles. The minimum atomic E-state index is -4.71. The third kappa shape index (κ3) is 6.60. The predicted molar refractivity (Wildman–Crippen MR) is 153 cm³/mol. The first kappa shape index (κ1) is 30.3. The molecule has 3 heterocycles. The van der Waals surface area contributed by atoms with Crippen LogP contribution >= 0.6 is 0 Å². The van der Waals surface area contributed by atoms with Crippen molar-refractivity contribution in [1.29, 1.82) is 0 Å². The van der Waals surface area contributed by atoms with Crippen LogP contribution in [0.25, 0.3) is 0 Å². The van der Waals surface area contributed by atoms with Crippen molar-refractivity contribution in [1.82, 2.24) is 25.3 Å². The highest BCUT2D eigenvalue weighted by atomic mass is 19.4. The van der Waals surface area contributed by atoms with Gasteiger partial charge in [0.1, 0.15) is 6.04 Å². The van der Waals surface area contributed by atoms with Gasteiger partial charge in [-0.05, 0) is 17.2 Å². The van der Waals surface area contributed by atoms with E-state index in [1.54, 1.807) is 0 Å². The third-order valence-corrected chi connectivity index (χ3v) is 7.92. The van der Waals surface area contributed by atoms with E-state index >= 15 is 0 Å². The Hall–Kier alpha value is -4.16. The maximum atomic E-state index is 14.2. The lowest BCUT2D eigenvalue weighted by atomic mass is 9.91. The number of amides is 4. The summed E-state index contributed by atoms with van der Waals surface area (Å²) in [6, 6.07) is 11.1. The zero-order valence-electron chi connectivity index (χ0n) is 23.6. The van der Waals surface area contributed by atoms with Gasteiger partial charge in [0.05, 0.1) is 42.6 Å². The maximum absolute atomic E-state index is 14.2. The lowest BCUT2D eigenvalue weighted by Gasteiger charge is -2.33. The van der Waals surface area contributed by atoms with Crippen molar-refractivity contribution in [2.75, 3.05) is 52.5 Å². The molecule has 0 radical (unpaired) electrons. The summed E-state index contributed by atoms with van der Waals surface area (Å²) in [7, 11) is 0. The van der Waals surface area contributed by atoms with E-state index in [2.05, 4.69) is 22.1 Å². The molecule has 0 bridgehead atoms. The molecule has 3 aliphatic rings. The second-order valence-corrected chi connectivity index (χ2v) is 10.6. The van der Waals surface area contributed by atoms with Gasteiger partial charge < -0.3 is 20.3 Å². The average Bonchev–Trinajstić information content (AvgIpc) is 3.34. The van der Waals surface area contributed by atoms with Crippen molar-refractivity contribution in [3.8, 4) is 0 Å². The molecule has 0 saturated carbocycles. The molecule has 43 heavy (non-hydrogen) atoms. The van der Waals surface area contributed by atoms with E-state index in [4.69, 9.17) is 4.74 Å². The summed E-state index contributed by atoms with van der Waals surface area (Å²) >= 11 is 0. The van der Waals surface area contributed by atoms with Gasteiger partial charge in [-0.3, -0.25) is 19.4 Å². The van der Waals surface area contributed by atoms with Gasteiger partial charge in [-0.1, -0.05) is 54.6 Å². The number of morpholine rings is 1. The number of carbonyl (C=O) groups is 3. The van der Waals surface area contributed by atoms with Crippen LogP contribution in [0.1, 0.15) is 22.7 Å². The molecule has 0 aliphatic carbocycles. The summed E-state index contributed by atoms with van der Waals surface area (Å²) in [5.74, 6) is -0.984. The van der Waals surface area contributed by atoms with Crippen LogP contribution in [-0.2, 0) is 26.9 Å². The van der Waals surface area contributed by atoms with Crippen LogP contribution in [0.2, 0.25) is 0 Å². The van der Waals surface area contributed by atoms with Gasteiger partial charge in [0.2, 0.25) is 5.91 Å². The molecule has 12 heteroatoms. The van der Waals surface area contributed by atoms with E-state index in [9.17, 15) is 27.6 Å². The summed E-state index contributed by atoms with van der Waals surface area (Å²) in [5, 5.41) is 5.56. The minimum absolute atomic E-state index is 0.0114. The monoisotopic (exact) mass is 597 g/mol. The van der Waals surface area contributed by atoms with Crippen LogP contribution in [-0.4, -0.2) is 91.1 Å². The maximum Gasteiger partial charge on any atom is 0.416 e. The smallest absolute Gasteiger partial charge is 0.379 e. The molecule has 0 aromatic heterocycles. The first-order chi connectivity index (χ1) is 20.7. The Balaban J connectivity index is 1.47. The van der Waals surface area contributed by atoms with Crippen LogP contribution in [0, 0.1) is 0 Å². The molecule has 9 nitrogen and oxygen atoms in total. The van der Waals surface area contributed by atoms with Crippen LogP contribution in [0.3, 0.4) is 0 Å². The first-order valence-corrected chi connectivity index (χ1v) is 14.2. The summed E-state index contributed by atoms with van der Waals surface area (Å²) < 4.78 is 47.5. The Bertz CT molecular complexity index is 1390. The zero-order chi connectivity index (χ0) is 30.6. The minimum Gasteiger partial charge on any atom is -0.379 e. The van der Waals surface area contributed by atoms with Crippen LogP contribution in [0.5, 0.6) is 0 Å². The number of halogens is 3. The summed E-state index contributed by atoms with van der Waals surface area (Å²) in [4.78, 5) is 45.9. The molecule has 4 amide bonds. The van der Waals surface area contributed by atoms with Gasteiger partial charge in [-0.25, -0.2) is 4.79 Å². The Kier molecular flexibility index (Phi) is 9.16. The number of carbonyl (C=O) groups excluding carboxylic acids is 3. The molecule has 0 spiro atoms. The van der Waals surface area contributed by atoms with Crippen LogP contribution in [0.4, 0.5) is 18.0 Å². The first-order valence-electron chi connectivity index (χ1n) is 14.2. The number of rotatable bonds is 10. The second kappa shape index (κ2) is 13.0. The fourth-order valence-electron chi connectivity index (χ4n) is 5.79. The van der Waals surface area contributed by atoms with Gasteiger partial charge in [0.25, 0.3) is 5.91 Å². The zero-order valence-corrected chi connectivity index (χ0v) is 23.6. The number of benzene rings is 2. The summed E-state index contributed by atoms with van der Waals surface area (Å²) in [6.07, 6.45) is -3.05. The Morgan fingerprint density at radius 2 is 1.79 bits per heavy atom. The van der Waals surface area contributed by atoms with E-state index in [1.807, 2.05) is 30.3 Å². The standard InChI is InChI=1S/C31H34F3N5O4/c1-2-13-38-25-20-39(29(41)26(25)27(36-30(38)42)22-10-6-7-11-23(22)31(32,33)34)24(19-21-8-4-3-5-9-21)28(40)35-12-14-37-15-17-43-18-16-37/h2-11,24,27H,1,12-20H2,(H,35,40)(H,36,42). The van der Waals surface area contributed by atoms with Crippen molar-refractivity contribution in [2.45, 2.75) is 24.7 Å². The van der Waals surface area contributed by atoms with E-state index in [-0.39, 0.29) is 42.3 Å². The van der Waals surface area contributed by atoms with E-state index in [1.165, 1.54) is 34.1 Å². The highest BCUT2D eigenvalue weighted by Gasteiger charge is 2.48. The van der Waals surface area contributed by atoms with Crippen molar-refractivity contribution < 1.29 is 32.3 Å². The van der Waals surface area contributed by atoms with Crippen molar-refractivity contribution >= 4 is 17.8 Å². The number of hydrogen-bond acceptors (Lipinski definition) is 5. The number of hydrogen-bond donors (Lipinski definition) is 2. The fraction of sp³-hybridized carbons (Fsp3) is 0.387. The second-order valence-electron chi connectivity index (χ2n) is 10.6. The molecular formula is C31H34F3N5O4. The molecule has 1 fully saturated rings. The lowest BCUT2D eigenvalue weighted by Crippen LogP contribution is -2.51. The van der Waals surface area contributed by atoms with E-state index in [0.29, 0.717) is 26.3 Å². The summed E-state index contributed by atoms with van der Waals surface area (Å²) in [5.41, 5.74) is -0.104. The van der Waals surface area contributed by atoms with Crippen molar-refractivity contribution in [2.24, 2.45) is 0 Å². The van der Waals surface area contributed by atoms with Crippen LogP contribution in [0.15, 0.2) is 78.5 Å². The van der Waals surface area contributed by atoms with Gasteiger partial charge >= 0.3 is 12.2 Å². The SMILES string of the molecule is C=CCN1C(=O)NC(c2ccccc2C(F)(F)F)C2=C1CN(C(Cc1ccccc1)C(=O)NCCN1CCOCC1)C2=O. The number of alkyl halides is 3. The van der Waals surface area contributed by atoms with Gasteiger partial charge in [0.15, 0.2) is 0 Å². The van der Waals surface area contributed by atoms with Crippen LogP contribution < -0.4 is 10.6 Å². The third-order valence-electron chi connectivity index (χ3n) is 7.92. The molecule has 2 unspecified atom stereocenters. The molecule has 5 rings (SSSR count). The number of urea groups is 1. The molecule has 3 aliphatic heterocycles. The Morgan fingerprint density at radius 1 is 1.09 bits per heavy atom. The molecule has 2 atom stereocenters. The van der Waals surface area contributed by atoms with E-state index < -0.39 is 35.8 Å². The average molecular weight is 598 g/mol. The molecule has 2 aromatic carbocycles. The van der Waals surface area contributed by atoms with Crippen molar-refractivity contribution in [3.05, 3.63) is 95.2 Å². The largest absolute Gasteiger partial charge is 0.416 e. The predicted octanol–water partition coefficient (Wildman–Crippen LogP) is 3.11. The fourth-order valence-corrected chi connectivity index (χ4v) is 5.79. The Labute approximate surface area is 247 Å². The lowest BCUT2D eigenvalue weighted by molar-refractivity contribution is -0.138. The highest BCUT2D eigenvalue weighted by Crippen LogP contribution is 2.42. The number of ether oxygens (including phenoxy) is 1. The van der Waals surface area contributed by atoms with Gasteiger partial charge in [-0.2, -0.15) is 13.2 Å². The van der Waals surface area contributed by atoms with Crippen molar-refractivity contribution in [3.63, 3.8) is 0 Å². The molecular weight excluding hydrogens is 563 g/mol. The Morgan fingerprint density at radius 3 is 2.49 bits per heavy atom. The number of nitrogens with zero attached hydrogens (tertiary/aromatic N) is 3. The van der Waals surface area contributed by atoms with Gasteiger partial charge in [0, 0.05) is 39.1 Å². The molecule has 228 valence electrons. The normalized spacial score (nSPS) is 20.1. The van der Waals surface area contributed by atoms with Gasteiger partial charge in [-0.15, -0.1) is 6.58 Å². The topological polar surface area (TPSA) is 94.2 Å².